The zero-order chi connectivity index (χ0) is 15.9. The lowest BCUT2D eigenvalue weighted by molar-refractivity contribution is -0.114. The van der Waals surface area contributed by atoms with Crippen LogP contribution in [0.1, 0.15) is 31.4 Å². The van der Waals surface area contributed by atoms with Crippen molar-refractivity contribution in [2.24, 2.45) is 10.7 Å². The van der Waals surface area contributed by atoms with Gasteiger partial charge in [0.05, 0.1) is 6.04 Å². The highest BCUT2D eigenvalue weighted by atomic mass is 16.2. The van der Waals surface area contributed by atoms with Gasteiger partial charge in [0.2, 0.25) is 0 Å². The smallest absolute Gasteiger partial charge is 0.269 e. The molecule has 0 spiro atoms. The minimum Gasteiger partial charge on any atom is -0.401 e. The molecule has 2 rings (SSSR count). The summed E-state index contributed by atoms with van der Waals surface area (Å²) in [7, 11) is 1.81. The molecule has 0 heterocycles. The van der Waals surface area contributed by atoms with Gasteiger partial charge in [0.25, 0.3) is 5.91 Å². The first-order valence-corrected chi connectivity index (χ1v) is 7.64. The largest absolute Gasteiger partial charge is 0.401 e. The molecule has 118 valence electrons. The van der Waals surface area contributed by atoms with Crippen molar-refractivity contribution in [3.63, 3.8) is 0 Å². The molecule has 1 aliphatic carbocycles. The molecule has 22 heavy (non-hydrogen) atoms. The normalized spacial score (nSPS) is 17.2. The van der Waals surface area contributed by atoms with Crippen LogP contribution in [0.2, 0.25) is 0 Å². The van der Waals surface area contributed by atoms with E-state index in [4.69, 9.17) is 5.73 Å². The molecule has 1 amide bonds. The van der Waals surface area contributed by atoms with Crippen molar-refractivity contribution in [1.29, 1.82) is 0 Å². The summed E-state index contributed by atoms with van der Waals surface area (Å²) in [4.78, 5) is 16.9. The van der Waals surface area contributed by atoms with E-state index in [0.717, 1.165) is 18.4 Å². The number of nitrogens with one attached hydrogen (secondary N) is 2. The molecule has 0 aliphatic heterocycles. The van der Waals surface area contributed by atoms with E-state index >= 15 is 0 Å². The van der Waals surface area contributed by atoms with E-state index in [-0.39, 0.29) is 11.9 Å². The van der Waals surface area contributed by atoms with Crippen LogP contribution in [0.3, 0.4) is 0 Å². The van der Waals surface area contributed by atoms with Gasteiger partial charge in [-0.25, -0.2) is 0 Å². The summed E-state index contributed by atoms with van der Waals surface area (Å²) in [5.74, 6) is -0.149. The molecule has 1 aliphatic rings. The fraction of sp³-hybridized carbons (Fsp3) is 0.412. The van der Waals surface area contributed by atoms with E-state index in [0.29, 0.717) is 24.0 Å². The maximum absolute atomic E-state index is 12.3. The molecular weight excluding hydrogens is 276 g/mol. The Balaban J connectivity index is 2.19. The Hall–Kier alpha value is -2.14. The molecule has 0 radical (unpaired) electrons. The Labute approximate surface area is 131 Å². The van der Waals surface area contributed by atoms with E-state index in [1.54, 1.807) is 6.08 Å². The van der Waals surface area contributed by atoms with Crippen LogP contribution in [0.5, 0.6) is 0 Å². The van der Waals surface area contributed by atoms with Crippen molar-refractivity contribution in [2.75, 3.05) is 13.6 Å². The fourth-order valence-corrected chi connectivity index (χ4v) is 2.09. The summed E-state index contributed by atoms with van der Waals surface area (Å²) in [5, 5.41) is 5.94. The molecule has 5 heteroatoms. The Morgan fingerprint density at radius 3 is 2.68 bits per heavy atom. The zero-order valence-electron chi connectivity index (χ0n) is 13.2. The summed E-state index contributed by atoms with van der Waals surface area (Å²) in [6, 6.07) is 10.1. The van der Waals surface area contributed by atoms with Gasteiger partial charge in [-0.1, -0.05) is 30.3 Å². The molecule has 5 nitrogen and oxygen atoms in total. The molecule has 1 fully saturated rings. The van der Waals surface area contributed by atoms with Gasteiger partial charge in [-0.15, -0.1) is 0 Å². The quantitative estimate of drug-likeness (QED) is 0.668. The number of nitrogens with zero attached hydrogens (tertiary/aromatic N) is 1. The van der Waals surface area contributed by atoms with Gasteiger partial charge >= 0.3 is 0 Å². The van der Waals surface area contributed by atoms with Gasteiger partial charge in [-0.3, -0.25) is 9.79 Å². The Morgan fingerprint density at radius 1 is 1.41 bits per heavy atom. The van der Waals surface area contributed by atoms with Gasteiger partial charge in [0, 0.05) is 18.3 Å². The molecule has 1 saturated carbocycles. The molecule has 0 saturated heterocycles. The van der Waals surface area contributed by atoms with Gasteiger partial charge in [0.15, 0.2) is 0 Å². The second-order valence-corrected chi connectivity index (χ2v) is 5.60. The number of aliphatic imine (C=N–C) groups is 1. The van der Waals surface area contributed by atoms with Gasteiger partial charge in [-0.2, -0.15) is 0 Å². The van der Waals surface area contributed by atoms with Crippen molar-refractivity contribution < 1.29 is 4.79 Å². The lowest BCUT2D eigenvalue weighted by atomic mass is 10.1. The molecule has 1 atom stereocenters. The lowest BCUT2D eigenvalue weighted by Gasteiger charge is -2.10. The molecular formula is C17H24N4O. The summed E-state index contributed by atoms with van der Waals surface area (Å²) < 4.78 is 0. The average molecular weight is 300 g/mol. The first kappa shape index (κ1) is 16.2. The second kappa shape index (κ2) is 7.75. The molecule has 4 N–H and O–H groups in total. The van der Waals surface area contributed by atoms with Crippen LogP contribution in [0.15, 0.2) is 47.1 Å². The predicted molar refractivity (Wildman–Crippen MR) is 89.7 cm³/mol. The third-order valence-electron chi connectivity index (χ3n) is 3.46. The number of hydrogen-bond acceptors (Lipinski definition) is 4. The van der Waals surface area contributed by atoms with Crippen LogP contribution >= 0.6 is 0 Å². The summed E-state index contributed by atoms with van der Waals surface area (Å²) in [5.41, 5.74) is 7.97. The number of amides is 1. The number of carbonyl (C=O) groups is 1. The van der Waals surface area contributed by atoms with E-state index in [1.807, 2.05) is 44.3 Å². The number of benzene rings is 1. The van der Waals surface area contributed by atoms with E-state index in [2.05, 4.69) is 15.6 Å². The molecule has 1 unspecified atom stereocenters. The van der Waals surface area contributed by atoms with Gasteiger partial charge in [0.1, 0.15) is 5.71 Å². The zero-order valence-corrected chi connectivity index (χ0v) is 13.2. The van der Waals surface area contributed by atoms with Gasteiger partial charge in [-0.05, 0) is 38.5 Å². The maximum Gasteiger partial charge on any atom is 0.269 e. The van der Waals surface area contributed by atoms with Crippen molar-refractivity contribution in [2.45, 2.75) is 31.8 Å². The molecule has 0 bridgehead atoms. The SMILES string of the molecule is CNCC(N)=CC(=NC(C)c1ccccc1)C(=O)NC1CC1. The van der Waals surface area contributed by atoms with Crippen molar-refractivity contribution in [3.05, 3.63) is 47.7 Å². The van der Waals surface area contributed by atoms with E-state index < -0.39 is 0 Å². The first-order chi connectivity index (χ1) is 10.6. The Bertz CT molecular complexity index is 561. The number of hydrogen-bond donors (Lipinski definition) is 3. The maximum atomic E-state index is 12.3. The average Bonchev–Trinajstić information content (AvgIpc) is 3.31. The van der Waals surface area contributed by atoms with Crippen LogP contribution < -0.4 is 16.4 Å². The van der Waals surface area contributed by atoms with Crippen LogP contribution in [-0.4, -0.2) is 31.3 Å². The number of carbonyl (C=O) groups excluding carboxylic acids is 1. The summed E-state index contributed by atoms with van der Waals surface area (Å²) >= 11 is 0. The molecule has 1 aromatic carbocycles. The van der Waals surface area contributed by atoms with Crippen LogP contribution in [0, 0.1) is 0 Å². The highest BCUT2D eigenvalue weighted by Gasteiger charge is 2.25. The number of rotatable bonds is 7. The third-order valence-corrected chi connectivity index (χ3v) is 3.46. The third kappa shape index (κ3) is 5.00. The molecule has 0 aromatic heterocycles. The second-order valence-electron chi connectivity index (χ2n) is 5.60. The van der Waals surface area contributed by atoms with Crippen molar-refractivity contribution >= 4 is 11.6 Å². The van der Waals surface area contributed by atoms with Crippen LogP contribution in [-0.2, 0) is 4.79 Å². The number of nitrogens with two attached hydrogens (primary N) is 1. The predicted octanol–water partition coefficient (Wildman–Crippen LogP) is 1.53. The fourth-order valence-electron chi connectivity index (χ4n) is 2.09. The minimum atomic E-state index is -0.149. The van der Waals surface area contributed by atoms with Gasteiger partial charge < -0.3 is 16.4 Å². The number of likely N-dealkylation sites (N-methyl/N-ethyl adjacent to an activating group) is 1. The van der Waals surface area contributed by atoms with E-state index in [9.17, 15) is 4.79 Å². The Kier molecular flexibility index (Phi) is 5.72. The van der Waals surface area contributed by atoms with Crippen LogP contribution in [0.25, 0.3) is 0 Å². The summed E-state index contributed by atoms with van der Waals surface area (Å²) in [6.07, 6.45) is 3.75. The van der Waals surface area contributed by atoms with Crippen molar-refractivity contribution in [3.8, 4) is 0 Å². The summed E-state index contributed by atoms with van der Waals surface area (Å²) in [6.45, 7) is 2.50. The monoisotopic (exact) mass is 300 g/mol. The highest BCUT2D eigenvalue weighted by Crippen LogP contribution is 2.19. The highest BCUT2D eigenvalue weighted by molar-refractivity contribution is 6.43. The first-order valence-electron chi connectivity index (χ1n) is 7.64. The van der Waals surface area contributed by atoms with E-state index in [1.165, 1.54) is 0 Å². The lowest BCUT2D eigenvalue weighted by Crippen LogP contribution is -2.33. The standard InChI is InChI=1S/C17H24N4O/c1-12(13-6-4-3-5-7-13)20-16(10-14(18)11-19-2)17(22)21-15-8-9-15/h3-7,10,12,15,19H,8-9,11,18H2,1-2H3,(H,21,22). The minimum absolute atomic E-state index is 0.0974. The van der Waals surface area contributed by atoms with Crippen molar-refractivity contribution in [1.82, 2.24) is 10.6 Å². The molecule has 1 aromatic rings. The topological polar surface area (TPSA) is 79.5 Å². The van der Waals surface area contributed by atoms with Crippen LogP contribution in [0.4, 0.5) is 0 Å². The Morgan fingerprint density at radius 2 is 2.09 bits per heavy atom.